The quantitative estimate of drug-likeness (QED) is 0.410. The van der Waals surface area contributed by atoms with Gasteiger partial charge in [0.05, 0.1) is 0 Å². The zero-order chi connectivity index (χ0) is 9.97. The van der Waals surface area contributed by atoms with Gasteiger partial charge in [-0.3, -0.25) is 4.79 Å². The Morgan fingerprint density at radius 2 is 1.73 bits per heavy atom. The average Bonchev–Trinajstić information content (AvgIpc) is 2.18. The third kappa shape index (κ3) is 2.70. The van der Waals surface area contributed by atoms with Crippen LogP contribution in [0.15, 0.2) is 42.5 Å². The Balaban J connectivity index is 0.00000112. The molecular formula is C12H12MgO2. The SMILES string of the molecule is CC(=O)Oc1cccc2ccccc12.[MgH2]. The van der Waals surface area contributed by atoms with Crippen molar-refractivity contribution in [3.05, 3.63) is 42.5 Å². The summed E-state index contributed by atoms with van der Waals surface area (Å²) in [7, 11) is 0. The second-order valence-corrected chi connectivity index (χ2v) is 3.07. The van der Waals surface area contributed by atoms with E-state index in [1.165, 1.54) is 6.92 Å². The highest BCUT2D eigenvalue weighted by molar-refractivity contribution is 5.90. The maximum Gasteiger partial charge on any atom is 0.316 e. The van der Waals surface area contributed by atoms with Gasteiger partial charge in [-0.1, -0.05) is 36.4 Å². The van der Waals surface area contributed by atoms with E-state index in [0.717, 1.165) is 10.8 Å². The maximum absolute atomic E-state index is 10.8. The molecule has 0 aliphatic heterocycles. The fraction of sp³-hybridized carbons (Fsp3) is 0.0833. The highest BCUT2D eigenvalue weighted by Gasteiger charge is 2.02. The summed E-state index contributed by atoms with van der Waals surface area (Å²) in [6.45, 7) is 1.40. The van der Waals surface area contributed by atoms with Crippen LogP contribution in [0.5, 0.6) is 5.75 Å². The molecule has 0 aromatic heterocycles. The third-order valence-corrected chi connectivity index (χ3v) is 2.00. The summed E-state index contributed by atoms with van der Waals surface area (Å²) < 4.78 is 5.09. The average molecular weight is 213 g/mol. The van der Waals surface area contributed by atoms with Crippen molar-refractivity contribution in [3.8, 4) is 5.75 Å². The number of fused-ring (bicyclic) bond motifs is 1. The standard InChI is InChI=1S/C12H10O2.Mg.2H/c1-9(13)14-12-8-4-6-10-5-2-3-7-11(10)12;;;/h2-8H,1H3;;;. The van der Waals surface area contributed by atoms with E-state index in [1.807, 2.05) is 36.4 Å². The van der Waals surface area contributed by atoms with Gasteiger partial charge in [-0.15, -0.1) is 0 Å². The minimum Gasteiger partial charge on any atom is -0.426 e. The molecule has 74 valence electrons. The summed E-state index contributed by atoms with van der Waals surface area (Å²) in [5.74, 6) is 0.331. The minimum atomic E-state index is -0.290. The molecule has 0 heterocycles. The van der Waals surface area contributed by atoms with Gasteiger partial charge in [0, 0.05) is 12.3 Å². The first kappa shape index (κ1) is 12.0. The van der Waals surface area contributed by atoms with Crippen LogP contribution in [0.1, 0.15) is 6.92 Å². The molecule has 0 unspecified atom stereocenters. The van der Waals surface area contributed by atoms with Crippen molar-refractivity contribution < 1.29 is 9.53 Å². The summed E-state index contributed by atoms with van der Waals surface area (Å²) in [6, 6.07) is 13.5. The number of esters is 1. The largest absolute Gasteiger partial charge is 0.426 e. The lowest BCUT2D eigenvalue weighted by Crippen LogP contribution is -2.01. The zero-order valence-electron chi connectivity index (χ0n) is 7.86. The summed E-state index contributed by atoms with van der Waals surface area (Å²) in [4.78, 5) is 10.8. The Bertz CT molecular complexity index is 475. The molecule has 3 heteroatoms. The van der Waals surface area contributed by atoms with Crippen molar-refractivity contribution in [3.63, 3.8) is 0 Å². The molecule has 0 N–H and O–H groups in total. The van der Waals surface area contributed by atoms with Crippen LogP contribution in [0.4, 0.5) is 0 Å². The van der Waals surface area contributed by atoms with E-state index < -0.39 is 0 Å². The summed E-state index contributed by atoms with van der Waals surface area (Å²) in [5.41, 5.74) is 0. The van der Waals surface area contributed by atoms with Crippen LogP contribution in [0.2, 0.25) is 0 Å². The first-order valence-electron chi connectivity index (χ1n) is 4.43. The topological polar surface area (TPSA) is 26.3 Å². The van der Waals surface area contributed by atoms with Gasteiger partial charge in [-0.25, -0.2) is 0 Å². The molecular weight excluding hydrogens is 200 g/mol. The van der Waals surface area contributed by atoms with Crippen LogP contribution in [0, 0.1) is 0 Å². The number of hydrogen-bond acceptors (Lipinski definition) is 2. The number of carbonyl (C=O) groups excluding carboxylic acids is 1. The van der Waals surface area contributed by atoms with Crippen molar-refractivity contribution >= 4 is 39.8 Å². The molecule has 2 aromatic carbocycles. The minimum absolute atomic E-state index is 0. The number of hydrogen-bond donors (Lipinski definition) is 0. The molecule has 0 saturated heterocycles. The number of benzene rings is 2. The highest BCUT2D eigenvalue weighted by atomic mass is 24.3. The van der Waals surface area contributed by atoms with Gasteiger partial charge >= 0.3 is 29.0 Å². The van der Waals surface area contributed by atoms with E-state index in [0.29, 0.717) is 5.75 Å². The highest BCUT2D eigenvalue weighted by Crippen LogP contribution is 2.24. The van der Waals surface area contributed by atoms with Crippen LogP contribution < -0.4 is 4.74 Å². The van der Waals surface area contributed by atoms with Gasteiger partial charge in [-0.2, -0.15) is 0 Å². The van der Waals surface area contributed by atoms with E-state index in [1.54, 1.807) is 6.07 Å². The number of rotatable bonds is 1. The smallest absolute Gasteiger partial charge is 0.316 e. The molecule has 0 aliphatic rings. The molecule has 2 rings (SSSR count). The van der Waals surface area contributed by atoms with Gasteiger partial charge < -0.3 is 4.74 Å². The van der Waals surface area contributed by atoms with Gasteiger partial charge in [0.1, 0.15) is 5.75 Å². The first-order valence-corrected chi connectivity index (χ1v) is 4.43. The molecule has 0 bridgehead atoms. The second kappa shape index (κ2) is 5.14. The van der Waals surface area contributed by atoms with Gasteiger partial charge in [0.15, 0.2) is 0 Å². The summed E-state index contributed by atoms with van der Waals surface area (Å²) >= 11 is 0. The Kier molecular flexibility index (Phi) is 4.11. The molecule has 0 spiro atoms. The van der Waals surface area contributed by atoms with E-state index >= 15 is 0 Å². The molecule has 2 aromatic rings. The predicted octanol–water partition coefficient (Wildman–Crippen LogP) is 1.85. The monoisotopic (exact) mass is 212 g/mol. The number of ether oxygens (including phenoxy) is 1. The van der Waals surface area contributed by atoms with Crippen molar-refractivity contribution in [2.75, 3.05) is 0 Å². The summed E-state index contributed by atoms with van der Waals surface area (Å²) in [5, 5.41) is 2.04. The van der Waals surface area contributed by atoms with Crippen LogP contribution in [0.3, 0.4) is 0 Å². The van der Waals surface area contributed by atoms with Gasteiger partial charge in [0.25, 0.3) is 0 Å². The van der Waals surface area contributed by atoms with E-state index in [-0.39, 0.29) is 29.0 Å². The first-order chi connectivity index (χ1) is 6.77. The molecule has 0 radical (unpaired) electrons. The molecule has 0 aliphatic carbocycles. The Morgan fingerprint density at radius 1 is 1.07 bits per heavy atom. The fourth-order valence-corrected chi connectivity index (χ4v) is 1.44. The van der Waals surface area contributed by atoms with Crippen LogP contribution in [0.25, 0.3) is 10.8 Å². The lowest BCUT2D eigenvalue weighted by atomic mass is 10.1. The molecule has 0 fully saturated rings. The maximum atomic E-state index is 10.8. The van der Waals surface area contributed by atoms with Crippen LogP contribution in [-0.2, 0) is 4.79 Å². The van der Waals surface area contributed by atoms with E-state index in [4.69, 9.17) is 4.74 Å². The molecule has 15 heavy (non-hydrogen) atoms. The molecule has 2 nitrogen and oxygen atoms in total. The van der Waals surface area contributed by atoms with E-state index in [9.17, 15) is 4.79 Å². The molecule has 0 saturated carbocycles. The molecule has 0 atom stereocenters. The van der Waals surface area contributed by atoms with Crippen molar-refractivity contribution in [1.29, 1.82) is 0 Å². The van der Waals surface area contributed by atoms with Crippen LogP contribution >= 0.6 is 0 Å². The third-order valence-electron chi connectivity index (χ3n) is 2.00. The Morgan fingerprint density at radius 3 is 2.47 bits per heavy atom. The van der Waals surface area contributed by atoms with Crippen molar-refractivity contribution in [2.45, 2.75) is 6.92 Å². The number of carbonyl (C=O) groups is 1. The van der Waals surface area contributed by atoms with E-state index in [2.05, 4.69) is 0 Å². The van der Waals surface area contributed by atoms with Crippen molar-refractivity contribution in [1.82, 2.24) is 0 Å². The van der Waals surface area contributed by atoms with Gasteiger partial charge in [0.2, 0.25) is 0 Å². The molecule has 0 amide bonds. The zero-order valence-corrected chi connectivity index (χ0v) is 7.86. The lowest BCUT2D eigenvalue weighted by Gasteiger charge is -2.04. The lowest BCUT2D eigenvalue weighted by molar-refractivity contribution is -0.131. The fourth-order valence-electron chi connectivity index (χ4n) is 1.44. The van der Waals surface area contributed by atoms with Gasteiger partial charge in [-0.05, 0) is 11.5 Å². The summed E-state index contributed by atoms with van der Waals surface area (Å²) in [6.07, 6.45) is 0. The Labute approximate surface area is 104 Å². The Hall–Kier alpha value is -1.06. The second-order valence-electron chi connectivity index (χ2n) is 3.07. The predicted molar refractivity (Wildman–Crippen MR) is 63.8 cm³/mol. The van der Waals surface area contributed by atoms with Crippen molar-refractivity contribution in [2.24, 2.45) is 0 Å². The van der Waals surface area contributed by atoms with Crippen LogP contribution in [-0.4, -0.2) is 29.0 Å². The normalized spacial score (nSPS) is 9.40.